The van der Waals surface area contributed by atoms with Crippen LogP contribution < -0.4 is 10.1 Å². The van der Waals surface area contributed by atoms with Crippen molar-refractivity contribution >= 4 is 11.7 Å². The standard InChI is InChI=1S/C11H16N2O3/c1-8(3-6-11(14)15)13-9-4-5-10(16-2)12-7-9/h4-5,7-8,13H,3,6H2,1-2H3,(H,14,15). The van der Waals surface area contributed by atoms with Crippen LogP contribution in [-0.2, 0) is 4.79 Å². The summed E-state index contributed by atoms with van der Waals surface area (Å²) < 4.78 is 4.94. The fourth-order valence-electron chi connectivity index (χ4n) is 1.28. The number of rotatable bonds is 6. The maximum Gasteiger partial charge on any atom is 0.303 e. The fourth-order valence-corrected chi connectivity index (χ4v) is 1.28. The molecule has 1 rings (SSSR count). The summed E-state index contributed by atoms with van der Waals surface area (Å²) in [7, 11) is 1.56. The van der Waals surface area contributed by atoms with Gasteiger partial charge in [0.25, 0.3) is 0 Å². The van der Waals surface area contributed by atoms with E-state index in [2.05, 4.69) is 10.3 Å². The van der Waals surface area contributed by atoms with E-state index in [1.165, 1.54) is 0 Å². The Balaban J connectivity index is 2.43. The molecule has 88 valence electrons. The van der Waals surface area contributed by atoms with Crippen molar-refractivity contribution in [1.29, 1.82) is 0 Å². The second-order valence-corrected chi connectivity index (χ2v) is 3.57. The molecule has 2 N–H and O–H groups in total. The van der Waals surface area contributed by atoms with Gasteiger partial charge in [0.15, 0.2) is 0 Å². The molecule has 0 aliphatic heterocycles. The molecule has 0 saturated heterocycles. The van der Waals surface area contributed by atoms with Crippen LogP contribution in [-0.4, -0.2) is 29.2 Å². The molecule has 1 aromatic heterocycles. The Morgan fingerprint density at radius 2 is 2.38 bits per heavy atom. The van der Waals surface area contributed by atoms with Gasteiger partial charge in [-0.2, -0.15) is 0 Å². The smallest absolute Gasteiger partial charge is 0.303 e. The van der Waals surface area contributed by atoms with E-state index in [1.54, 1.807) is 19.4 Å². The lowest BCUT2D eigenvalue weighted by molar-refractivity contribution is -0.137. The lowest BCUT2D eigenvalue weighted by atomic mass is 10.2. The third kappa shape index (κ3) is 4.16. The molecule has 1 aromatic rings. The lowest BCUT2D eigenvalue weighted by Crippen LogP contribution is -2.16. The van der Waals surface area contributed by atoms with E-state index in [1.807, 2.05) is 13.0 Å². The summed E-state index contributed by atoms with van der Waals surface area (Å²) >= 11 is 0. The second kappa shape index (κ2) is 5.95. The number of carbonyl (C=O) groups is 1. The van der Waals surface area contributed by atoms with E-state index in [0.717, 1.165) is 5.69 Å². The van der Waals surface area contributed by atoms with E-state index in [-0.39, 0.29) is 12.5 Å². The molecule has 0 aromatic carbocycles. The van der Waals surface area contributed by atoms with Gasteiger partial charge in [0, 0.05) is 18.5 Å². The van der Waals surface area contributed by atoms with Crippen molar-refractivity contribution < 1.29 is 14.6 Å². The number of hydrogen-bond acceptors (Lipinski definition) is 4. The Hall–Kier alpha value is -1.78. The van der Waals surface area contributed by atoms with Gasteiger partial charge in [0.2, 0.25) is 5.88 Å². The molecule has 0 bridgehead atoms. The molecule has 1 unspecified atom stereocenters. The zero-order valence-electron chi connectivity index (χ0n) is 9.43. The number of pyridine rings is 1. The molecular formula is C11H16N2O3. The van der Waals surface area contributed by atoms with Crippen LogP contribution in [0.15, 0.2) is 18.3 Å². The third-order valence-electron chi connectivity index (χ3n) is 2.15. The van der Waals surface area contributed by atoms with Gasteiger partial charge in [0.05, 0.1) is 19.0 Å². The number of methoxy groups -OCH3 is 1. The lowest BCUT2D eigenvalue weighted by Gasteiger charge is -2.13. The number of ether oxygens (including phenoxy) is 1. The van der Waals surface area contributed by atoms with Crippen LogP contribution in [0.25, 0.3) is 0 Å². The normalized spacial score (nSPS) is 11.9. The number of aromatic nitrogens is 1. The zero-order chi connectivity index (χ0) is 12.0. The predicted octanol–water partition coefficient (Wildman–Crippen LogP) is 1.76. The van der Waals surface area contributed by atoms with Crippen molar-refractivity contribution in [3.63, 3.8) is 0 Å². The highest BCUT2D eigenvalue weighted by molar-refractivity contribution is 5.66. The number of nitrogens with zero attached hydrogens (tertiary/aromatic N) is 1. The molecule has 1 atom stereocenters. The second-order valence-electron chi connectivity index (χ2n) is 3.57. The monoisotopic (exact) mass is 224 g/mol. The highest BCUT2D eigenvalue weighted by Gasteiger charge is 2.05. The van der Waals surface area contributed by atoms with Crippen molar-refractivity contribution in [2.24, 2.45) is 0 Å². The molecule has 5 nitrogen and oxygen atoms in total. The Morgan fingerprint density at radius 3 is 2.88 bits per heavy atom. The molecule has 0 saturated carbocycles. The van der Waals surface area contributed by atoms with Crippen molar-refractivity contribution in [3.05, 3.63) is 18.3 Å². The molecule has 0 aliphatic rings. The minimum Gasteiger partial charge on any atom is -0.481 e. The summed E-state index contributed by atoms with van der Waals surface area (Å²) in [6, 6.07) is 3.71. The van der Waals surface area contributed by atoms with Crippen molar-refractivity contribution in [2.75, 3.05) is 12.4 Å². The molecule has 0 fully saturated rings. The van der Waals surface area contributed by atoms with Gasteiger partial charge in [-0.25, -0.2) is 4.98 Å². The number of carboxylic acids is 1. The SMILES string of the molecule is COc1ccc(NC(C)CCC(=O)O)cn1. The quantitative estimate of drug-likeness (QED) is 0.770. The van der Waals surface area contributed by atoms with Crippen molar-refractivity contribution in [1.82, 2.24) is 4.98 Å². The maximum atomic E-state index is 10.4. The van der Waals surface area contributed by atoms with Gasteiger partial charge in [0.1, 0.15) is 0 Å². The first-order valence-corrected chi connectivity index (χ1v) is 5.10. The van der Waals surface area contributed by atoms with Crippen LogP contribution >= 0.6 is 0 Å². The average Bonchev–Trinajstić information content (AvgIpc) is 2.27. The van der Waals surface area contributed by atoms with Crippen LogP contribution in [0.4, 0.5) is 5.69 Å². The first-order valence-electron chi connectivity index (χ1n) is 5.10. The molecule has 5 heteroatoms. The molecule has 16 heavy (non-hydrogen) atoms. The molecule has 0 aliphatic carbocycles. The Kier molecular flexibility index (Phi) is 4.57. The highest BCUT2D eigenvalue weighted by atomic mass is 16.5. The largest absolute Gasteiger partial charge is 0.481 e. The summed E-state index contributed by atoms with van der Waals surface area (Å²) in [5.41, 5.74) is 0.860. The number of nitrogens with one attached hydrogen (secondary N) is 1. The zero-order valence-corrected chi connectivity index (χ0v) is 9.43. The van der Waals surface area contributed by atoms with Gasteiger partial charge in [-0.05, 0) is 19.4 Å². The van der Waals surface area contributed by atoms with Crippen LogP contribution in [0.1, 0.15) is 19.8 Å². The van der Waals surface area contributed by atoms with E-state index in [4.69, 9.17) is 9.84 Å². The van der Waals surface area contributed by atoms with Crippen LogP contribution in [0.2, 0.25) is 0 Å². The summed E-state index contributed by atoms with van der Waals surface area (Å²) in [4.78, 5) is 14.4. The van der Waals surface area contributed by atoms with Crippen LogP contribution in [0, 0.1) is 0 Å². The minimum absolute atomic E-state index is 0.103. The molecular weight excluding hydrogens is 208 g/mol. The summed E-state index contributed by atoms with van der Waals surface area (Å²) in [5.74, 6) is -0.217. The van der Waals surface area contributed by atoms with E-state index < -0.39 is 5.97 Å². The summed E-state index contributed by atoms with van der Waals surface area (Å²) in [6.45, 7) is 1.94. The summed E-state index contributed by atoms with van der Waals surface area (Å²) in [5, 5.41) is 11.7. The minimum atomic E-state index is -0.776. The summed E-state index contributed by atoms with van der Waals surface area (Å²) in [6.07, 6.45) is 2.41. The predicted molar refractivity (Wildman–Crippen MR) is 60.7 cm³/mol. The fraction of sp³-hybridized carbons (Fsp3) is 0.455. The van der Waals surface area contributed by atoms with E-state index in [0.29, 0.717) is 12.3 Å². The molecule has 1 heterocycles. The number of aliphatic carboxylic acids is 1. The van der Waals surface area contributed by atoms with E-state index >= 15 is 0 Å². The number of hydrogen-bond donors (Lipinski definition) is 2. The average molecular weight is 224 g/mol. The van der Waals surface area contributed by atoms with Crippen molar-refractivity contribution in [2.45, 2.75) is 25.8 Å². The van der Waals surface area contributed by atoms with Gasteiger partial charge in [-0.15, -0.1) is 0 Å². The third-order valence-corrected chi connectivity index (χ3v) is 2.15. The molecule has 0 amide bonds. The van der Waals surface area contributed by atoms with Crippen molar-refractivity contribution in [3.8, 4) is 5.88 Å². The number of carboxylic acid groups (broad SMARTS) is 1. The maximum absolute atomic E-state index is 10.4. The van der Waals surface area contributed by atoms with Gasteiger partial charge < -0.3 is 15.2 Å². The Labute approximate surface area is 94.5 Å². The van der Waals surface area contributed by atoms with Gasteiger partial charge >= 0.3 is 5.97 Å². The topological polar surface area (TPSA) is 71.5 Å². The van der Waals surface area contributed by atoms with Gasteiger partial charge in [-0.3, -0.25) is 4.79 Å². The first-order chi connectivity index (χ1) is 7.61. The first kappa shape index (κ1) is 12.3. The molecule has 0 spiro atoms. The van der Waals surface area contributed by atoms with Crippen LogP contribution in [0.3, 0.4) is 0 Å². The molecule has 0 radical (unpaired) electrons. The highest BCUT2D eigenvalue weighted by Crippen LogP contribution is 2.13. The Morgan fingerprint density at radius 1 is 1.62 bits per heavy atom. The van der Waals surface area contributed by atoms with Crippen LogP contribution in [0.5, 0.6) is 5.88 Å². The van der Waals surface area contributed by atoms with E-state index in [9.17, 15) is 4.79 Å². The van der Waals surface area contributed by atoms with Gasteiger partial charge in [-0.1, -0.05) is 0 Å². The Bertz CT molecular complexity index is 338. The number of anilines is 1.